The Morgan fingerprint density at radius 3 is 1.16 bits per heavy atom. The fraction of sp³-hybridized carbons (Fsp3) is 0.143. The van der Waals surface area contributed by atoms with E-state index in [1.807, 2.05) is 0 Å². The molecule has 0 radical (unpaired) electrons. The molecule has 0 saturated heterocycles. The third-order valence-corrected chi connectivity index (χ3v) is 12.0. The van der Waals surface area contributed by atoms with Gasteiger partial charge in [0.15, 0.2) is 0 Å². The van der Waals surface area contributed by atoms with Gasteiger partial charge in [-0.1, -0.05) is 68.3 Å². The quantitative estimate of drug-likeness (QED) is 0.0721. The maximum atomic E-state index is 14.1. The molecule has 7 aromatic carbocycles. The minimum absolute atomic E-state index is 0.0539. The molecule has 6 nitrogen and oxygen atoms in total. The van der Waals surface area contributed by atoms with Gasteiger partial charge >= 0.3 is 12.4 Å². The van der Waals surface area contributed by atoms with Crippen LogP contribution in [0.15, 0.2) is 93.9 Å². The number of amides is 4. The fourth-order valence-electron chi connectivity index (χ4n) is 8.08. The summed E-state index contributed by atoms with van der Waals surface area (Å²) in [7, 11) is 0. The number of alkyl halides is 6. The van der Waals surface area contributed by atoms with Crippen LogP contribution in [0.25, 0.3) is 43.1 Å². The van der Waals surface area contributed by atoms with Gasteiger partial charge in [0.2, 0.25) is 0 Å². The summed E-state index contributed by atoms with van der Waals surface area (Å²) in [4.78, 5) is 58.3. The number of rotatable bonds is 6. The molecule has 7 aromatic rings. The van der Waals surface area contributed by atoms with Gasteiger partial charge in [0, 0.05) is 71.2 Å². The minimum atomic E-state index is -4.49. The highest BCUT2D eigenvalue weighted by atomic mass is 79.9. The monoisotopic (exact) mass is 890 g/mol. The number of benzene rings is 7. The zero-order valence-electron chi connectivity index (χ0n) is 28.5. The summed E-state index contributed by atoms with van der Waals surface area (Å²) >= 11 is 7.36. The van der Waals surface area contributed by atoms with Gasteiger partial charge in [-0.2, -0.15) is 26.3 Å². The number of carbonyl (C=O) groups is 4. The van der Waals surface area contributed by atoms with Crippen molar-refractivity contribution in [2.24, 2.45) is 0 Å². The third kappa shape index (κ3) is 5.43. The first kappa shape index (κ1) is 36.3. The Morgan fingerprint density at radius 1 is 0.429 bits per heavy atom. The Hall–Kier alpha value is -5.34. The van der Waals surface area contributed by atoms with Crippen molar-refractivity contribution in [1.29, 1.82) is 0 Å². The Labute approximate surface area is 329 Å². The van der Waals surface area contributed by atoms with Crippen LogP contribution in [0.2, 0.25) is 0 Å². The molecule has 2 heterocycles. The minimum Gasteiger partial charge on any atom is -0.274 e. The Morgan fingerprint density at radius 2 is 0.786 bits per heavy atom. The van der Waals surface area contributed by atoms with Gasteiger partial charge in [0.05, 0.1) is 11.1 Å². The lowest BCUT2D eigenvalue weighted by Gasteiger charge is -2.31. The number of hydrogen-bond acceptors (Lipinski definition) is 4. The van der Waals surface area contributed by atoms with Gasteiger partial charge in [0.1, 0.15) is 0 Å². The lowest BCUT2D eigenvalue weighted by atomic mass is 9.82. The van der Waals surface area contributed by atoms with Crippen molar-refractivity contribution in [2.45, 2.75) is 25.2 Å². The first-order valence-corrected chi connectivity index (χ1v) is 18.8. The van der Waals surface area contributed by atoms with E-state index in [1.165, 1.54) is 24.3 Å². The van der Waals surface area contributed by atoms with Crippen molar-refractivity contribution >= 4 is 98.6 Å². The van der Waals surface area contributed by atoms with E-state index in [-0.39, 0.29) is 48.2 Å². The molecule has 0 spiro atoms. The zero-order valence-corrected chi connectivity index (χ0v) is 31.6. The number of imide groups is 2. The van der Waals surface area contributed by atoms with Gasteiger partial charge < -0.3 is 0 Å². The molecule has 0 fully saturated rings. The summed E-state index contributed by atoms with van der Waals surface area (Å²) in [6.07, 6.45) is -8.70. The second-order valence-corrected chi connectivity index (χ2v) is 15.5. The van der Waals surface area contributed by atoms with Crippen molar-refractivity contribution in [1.82, 2.24) is 9.80 Å². The van der Waals surface area contributed by atoms with Crippen LogP contribution in [-0.4, -0.2) is 46.5 Å². The highest BCUT2D eigenvalue weighted by Gasteiger charge is 2.38. The highest BCUT2D eigenvalue weighted by molar-refractivity contribution is 9.11. The van der Waals surface area contributed by atoms with Crippen LogP contribution in [0.4, 0.5) is 26.3 Å². The molecular formula is C42H22Br2F6N2O4. The van der Waals surface area contributed by atoms with Gasteiger partial charge in [-0.05, 0) is 88.7 Å². The van der Waals surface area contributed by atoms with Crippen molar-refractivity contribution in [3.63, 3.8) is 0 Å². The molecule has 2 aliphatic rings. The molecule has 0 unspecified atom stereocenters. The Balaban J connectivity index is 1.12. The van der Waals surface area contributed by atoms with E-state index >= 15 is 0 Å². The summed E-state index contributed by atoms with van der Waals surface area (Å²) in [6.45, 7) is -0.124. The van der Waals surface area contributed by atoms with Gasteiger partial charge in [-0.15, -0.1) is 0 Å². The summed E-state index contributed by atoms with van der Waals surface area (Å²) in [5.74, 6) is -2.20. The van der Waals surface area contributed by atoms with Gasteiger partial charge in [0.25, 0.3) is 23.6 Å². The molecule has 9 rings (SSSR count). The number of carbonyl (C=O) groups excluding carboxylic acids is 4. The molecule has 4 amide bonds. The summed E-state index contributed by atoms with van der Waals surface area (Å²) in [6, 6.07) is 19.2. The van der Waals surface area contributed by atoms with E-state index in [2.05, 4.69) is 31.9 Å². The van der Waals surface area contributed by atoms with Crippen LogP contribution in [-0.2, 0) is 25.2 Å². The molecule has 0 bridgehead atoms. The molecule has 280 valence electrons. The molecule has 56 heavy (non-hydrogen) atoms. The predicted octanol–water partition coefficient (Wildman–Crippen LogP) is 11.0. The number of fused-ring (bicyclic) bond motifs is 2. The Bertz CT molecular complexity index is 2760. The maximum absolute atomic E-state index is 14.1. The standard InChI is InChI=1S/C42H22Br2F6N2O4/c43-29-17-27-33-28(40(56)52(39(27)55)16-14-20-3-7-22(8-4-20)42(48,49)50)18-30(44)35-24-10-12-26-32-25(11-9-23(31(24)32)34(29)36(33)35)37(53)51(38(26)54)15-13-19-1-5-21(6-2-19)41(45,46)47/h1-12,17-18H,13-16H2. The second-order valence-electron chi connectivity index (χ2n) is 13.8. The maximum Gasteiger partial charge on any atom is 0.416 e. The fourth-order valence-corrected chi connectivity index (χ4v) is 9.36. The van der Waals surface area contributed by atoms with Crippen molar-refractivity contribution < 1.29 is 45.5 Å². The average molecular weight is 892 g/mol. The van der Waals surface area contributed by atoms with Crippen LogP contribution in [0, 0.1) is 0 Å². The molecule has 0 atom stereocenters. The van der Waals surface area contributed by atoms with Gasteiger partial charge in [-0.3, -0.25) is 29.0 Å². The molecule has 0 aromatic heterocycles. The first-order valence-electron chi connectivity index (χ1n) is 17.2. The van der Waals surface area contributed by atoms with Crippen molar-refractivity contribution in [3.05, 3.63) is 138 Å². The van der Waals surface area contributed by atoms with Crippen LogP contribution >= 0.6 is 31.9 Å². The van der Waals surface area contributed by atoms with E-state index in [0.717, 1.165) is 34.1 Å². The van der Waals surface area contributed by atoms with Crippen LogP contribution in [0.1, 0.15) is 63.7 Å². The summed E-state index contributed by atoms with van der Waals surface area (Å²) in [5, 5.41) is 4.76. The third-order valence-electron chi connectivity index (χ3n) is 10.7. The molecule has 2 aliphatic heterocycles. The number of halogens is 8. The molecule has 0 N–H and O–H groups in total. The largest absolute Gasteiger partial charge is 0.416 e. The lowest BCUT2D eigenvalue weighted by molar-refractivity contribution is -0.138. The van der Waals surface area contributed by atoms with E-state index < -0.39 is 47.1 Å². The average Bonchev–Trinajstić information content (AvgIpc) is 3.15. The Kier molecular flexibility index (Phi) is 8.16. The summed E-state index contributed by atoms with van der Waals surface area (Å²) < 4.78 is 79.6. The normalized spacial score (nSPS) is 14.8. The number of hydrogen-bond donors (Lipinski definition) is 0. The smallest absolute Gasteiger partial charge is 0.274 e. The van der Waals surface area contributed by atoms with E-state index in [0.29, 0.717) is 63.2 Å². The van der Waals surface area contributed by atoms with Crippen molar-refractivity contribution in [3.8, 4) is 0 Å². The summed E-state index contributed by atoms with van der Waals surface area (Å²) in [5.41, 5.74) is 0.532. The number of nitrogens with zero attached hydrogens (tertiary/aromatic N) is 2. The van der Waals surface area contributed by atoms with E-state index in [4.69, 9.17) is 0 Å². The molecule has 14 heteroatoms. The first-order chi connectivity index (χ1) is 26.5. The molecule has 0 saturated carbocycles. The molecular weight excluding hydrogens is 870 g/mol. The van der Waals surface area contributed by atoms with Gasteiger partial charge in [-0.25, -0.2) is 0 Å². The highest BCUT2D eigenvalue weighted by Crippen LogP contribution is 2.50. The van der Waals surface area contributed by atoms with Crippen LogP contribution in [0.5, 0.6) is 0 Å². The molecule has 0 aliphatic carbocycles. The van der Waals surface area contributed by atoms with Crippen LogP contribution < -0.4 is 0 Å². The van der Waals surface area contributed by atoms with Crippen LogP contribution in [0.3, 0.4) is 0 Å². The topological polar surface area (TPSA) is 74.8 Å². The lowest BCUT2D eigenvalue weighted by Crippen LogP contribution is -2.41. The van der Waals surface area contributed by atoms with E-state index in [9.17, 15) is 45.5 Å². The SMILES string of the molecule is O=C1c2ccc3c4c(Br)cc5c6c(cc(Br)c(c7ccc(c2c37)C(=O)N1CCc1ccc(C(F)(F)F)cc1)c64)C(=O)N(CCc1ccc(C(F)(F)F)cc1)C5=O. The predicted molar refractivity (Wildman–Crippen MR) is 204 cm³/mol. The van der Waals surface area contributed by atoms with Crippen molar-refractivity contribution in [2.75, 3.05) is 13.1 Å². The van der Waals surface area contributed by atoms with E-state index in [1.54, 1.807) is 36.4 Å². The second kappa shape index (κ2) is 12.6. The zero-order chi connectivity index (χ0) is 39.6.